The highest BCUT2D eigenvalue weighted by Crippen LogP contribution is 2.49. The van der Waals surface area contributed by atoms with Crippen LogP contribution in [-0.2, 0) is 27.2 Å². The standard InChI is InChI=1S/C30H26F2N4O4/c31-21-4-1-19(2-5-21)16-25(37)30(8-9-30)26(38)17-20-3-6-23(22(32)15-20)40-24-7-10-33-29-28(24)35-27(18-34-29)36-11-13-39-14-12-36/h1-7,10,15,18H,8-9,11-14,16-17H2. The molecule has 6 rings (SSSR count). The van der Waals surface area contributed by atoms with Crippen molar-refractivity contribution in [2.24, 2.45) is 5.41 Å². The molecule has 204 valence electrons. The average molecular weight is 545 g/mol. The van der Waals surface area contributed by atoms with E-state index in [2.05, 4.69) is 19.9 Å². The molecule has 0 spiro atoms. The average Bonchev–Trinajstić information content (AvgIpc) is 3.79. The van der Waals surface area contributed by atoms with Crippen molar-refractivity contribution < 1.29 is 27.8 Å². The van der Waals surface area contributed by atoms with Gasteiger partial charge in [-0.25, -0.2) is 23.7 Å². The Morgan fingerprint density at radius 3 is 2.30 bits per heavy atom. The molecule has 1 aliphatic heterocycles. The lowest BCUT2D eigenvalue weighted by molar-refractivity contribution is -0.133. The van der Waals surface area contributed by atoms with Gasteiger partial charge in [-0.1, -0.05) is 18.2 Å². The normalized spacial score (nSPS) is 16.1. The number of ether oxygens (including phenoxy) is 2. The van der Waals surface area contributed by atoms with Crippen LogP contribution in [0, 0.1) is 17.0 Å². The Morgan fingerprint density at radius 2 is 1.60 bits per heavy atom. The number of fused-ring (bicyclic) bond motifs is 1. The Bertz CT molecular complexity index is 1580. The van der Waals surface area contributed by atoms with Gasteiger partial charge >= 0.3 is 0 Å². The molecular formula is C30H26F2N4O4. The second-order valence-corrected chi connectivity index (χ2v) is 10.1. The van der Waals surface area contributed by atoms with Gasteiger partial charge in [0.25, 0.3) is 0 Å². The molecule has 0 bridgehead atoms. The van der Waals surface area contributed by atoms with Crippen LogP contribution < -0.4 is 9.64 Å². The molecule has 40 heavy (non-hydrogen) atoms. The summed E-state index contributed by atoms with van der Waals surface area (Å²) in [5.74, 6) is -0.522. The van der Waals surface area contributed by atoms with Gasteiger partial charge in [-0.15, -0.1) is 0 Å². The Labute approximate surface area is 229 Å². The fourth-order valence-electron chi connectivity index (χ4n) is 4.92. The molecule has 0 atom stereocenters. The summed E-state index contributed by atoms with van der Waals surface area (Å²) in [4.78, 5) is 41.4. The van der Waals surface area contributed by atoms with Crippen molar-refractivity contribution >= 4 is 28.5 Å². The van der Waals surface area contributed by atoms with Crippen LogP contribution in [0.3, 0.4) is 0 Å². The van der Waals surface area contributed by atoms with Crippen LogP contribution in [0.2, 0.25) is 0 Å². The first kappa shape index (κ1) is 25.9. The first-order valence-corrected chi connectivity index (χ1v) is 13.1. The van der Waals surface area contributed by atoms with Crippen molar-refractivity contribution in [1.82, 2.24) is 15.0 Å². The zero-order chi connectivity index (χ0) is 27.7. The van der Waals surface area contributed by atoms with Gasteiger partial charge in [-0.05, 0) is 48.2 Å². The molecule has 1 saturated carbocycles. The number of rotatable bonds is 9. The minimum absolute atomic E-state index is 0.0317. The van der Waals surface area contributed by atoms with Crippen molar-refractivity contribution in [2.75, 3.05) is 31.2 Å². The number of pyridine rings is 1. The van der Waals surface area contributed by atoms with Crippen LogP contribution in [0.1, 0.15) is 24.0 Å². The van der Waals surface area contributed by atoms with Crippen LogP contribution in [0.4, 0.5) is 14.6 Å². The van der Waals surface area contributed by atoms with Gasteiger partial charge in [0.15, 0.2) is 40.0 Å². The molecule has 2 aromatic heterocycles. The predicted octanol–water partition coefficient (Wildman–Crippen LogP) is 4.64. The van der Waals surface area contributed by atoms with Crippen LogP contribution >= 0.6 is 0 Å². The molecule has 0 N–H and O–H groups in total. The lowest BCUT2D eigenvalue weighted by Crippen LogP contribution is -2.36. The molecule has 2 aromatic carbocycles. The summed E-state index contributed by atoms with van der Waals surface area (Å²) >= 11 is 0. The quantitative estimate of drug-likeness (QED) is 0.282. The molecule has 3 heterocycles. The van der Waals surface area contributed by atoms with Crippen molar-refractivity contribution in [3.63, 3.8) is 0 Å². The number of halogens is 2. The largest absolute Gasteiger partial charge is 0.452 e. The molecule has 0 radical (unpaired) electrons. The third kappa shape index (κ3) is 5.27. The van der Waals surface area contributed by atoms with Crippen molar-refractivity contribution in [1.29, 1.82) is 0 Å². The summed E-state index contributed by atoms with van der Waals surface area (Å²) in [6, 6.07) is 11.6. The van der Waals surface area contributed by atoms with E-state index in [0.717, 1.165) is 0 Å². The van der Waals surface area contributed by atoms with E-state index < -0.39 is 11.2 Å². The molecule has 0 amide bonds. The molecular weight excluding hydrogens is 518 g/mol. The number of aromatic nitrogens is 3. The fourth-order valence-corrected chi connectivity index (χ4v) is 4.92. The molecule has 1 saturated heterocycles. The van der Waals surface area contributed by atoms with Crippen molar-refractivity contribution in [3.8, 4) is 11.5 Å². The molecule has 10 heteroatoms. The second-order valence-electron chi connectivity index (χ2n) is 10.1. The molecule has 1 aliphatic carbocycles. The predicted molar refractivity (Wildman–Crippen MR) is 142 cm³/mol. The molecule has 8 nitrogen and oxygen atoms in total. The summed E-state index contributed by atoms with van der Waals surface area (Å²) < 4.78 is 39.6. The van der Waals surface area contributed by atoms with E-state index in [-0.39, 0.29) is 36.0 Å². The van der Waals surface area contributed by atoms with Gasteiger partial charge in [0.1, 0.15) is 11.6 Å². The zero-order valence-electron chi connectivity index (χ0n) is 21.6. The maximum atomic E-state index is 15.1. The Hall–Kier alpha value is -4.31. The van der Waals surface area contributed by atoms with Crippen LogP contribution in [0.25, 0.3) is 11.2 Å². The molecule has 2 aliphatic rings. The van der Waals surface area contributed by atoms with Crippen LogP contribution in [-0.4, -0.2) is 52.8 Å². The van der Waals surface area contributed by atoms with Gasteiger partial charge in [0.2, 0.25) is 0 Å². The van der Waals surface area contributed by atoms with Gasteiger partial charge in [0.05, 0.1) is 24.8 Å². The number of benzene rings is 2. The third-order valence-electron chi connectivity index (χ3n) is 7.41. The van der Waals surface area contributed by atoms with Gasteiger partial charge in [0, 0.05) is 38.2 Å². The van der Waals surface area contributed by atoms with E-state index in [1.54, 1.807) is 30.5 Å². The Morgan fingerprint density at radius 1 is 0.900 bits per heavy atom. The maximum absolute atomic E-state index is 15.1. The number of hydrogen-bond acceptors (Lipinski definition) is 8. The van der Waals surface area contributed by atoms with Gasteiger partial charge in [-0.3, -0.25) is 9.59 Å². The van der Waals surface area contributed by atoms with E-state index in [1.807, 2.05) is 0 Å². The van der Waals surface area contributed by atoms with E-state index in [1.165, 1.54) is 30.5 Å². The van der Waals surface area contributed by atoms with Crippen LogP contribution in [0.5, 0.6) is 11.5 Å². The highest BCUT2D eigenvalue weighted by Gasteiger charge is 2.54. The van der Waals surface area contributed by atoms with Crippen molar-refractivity contribution in [3.05, 3.63) is 83.7 Å². The van der Waals surface area contributed by atoms with Crippen molar-refractivity contribution in [2.45, 2.75) is 25.7 Å². The van der Waals surface area contributed by atoms with E-state index >= 15 is 4.39 Å². The fraction of sp³-hybridized carbons (Fsp3) is 0.300. The number of Topliss-reactive ketones (excluding diaryl/α,β-unsaturated/α-hetero) is 2. The van der Waals surface area contributed by atoms with Gasteiger partial charge < -0.3 is 14.4 Å². The molecule has 4 aromatic rings. The second kappa shape index (κ2) is 10.7. The van der Waals surface area contributed by atoms with Crippen LogP contribution in [0.15, 0.2) is 60.9 Å². The highest BCUT2D eigenvalue weighted by molar-refractivity contribution is 6.10. The minimum Gasteiger partial charge on any atom is -0.452 e. The monoisotopic (exact) mass is 544 g/mol. The SMILES string of the molecule is O=C(Cc1ccc(F)cc1)C1(C(=O)Cc2ccc(Oc3ccnc4ncc(N5CCOCC5)nc34)c(F)c2)CC1. The van der Waals surface area contributed by atoms with Gasteiger partial charge in [-0.2, -0.15) is 0 Å². The lowest BCUT2D eigenvalue weighted by Gasteiger charge is -2.27. The third-order valence-corrected chi connectivity index (χ3v) is 7.41. The maximum Gasteiger partial charge on any atom is 0.182 e. The minimum atomic E-state index is -1.05. The first-order chi connectivity index (χ1) is 19.4. The summed E-state index contributed by atoms with van der Waals surface area (Å²) in [7, 11) is 0. The number of nitrogens with zero attached hydrogens (tertiary/aromatic N) is 4. The number of ketones is 2. The summed E-state index contributed by atoms with van der Waals surface area (Å²) in [5.41, 5.74) is 0.832. The lowest BCUT2D eigenvalue weighted by atomic mass is 9.88. The number of hydrogen-bond donors (Lipinski definition) is 0. The Balaban J connectivity index is 1.16. The smallest absolute Gasteiger partial charge is 0.182 e. The van der Waals surface area contributed by atoms with E-state index in [4.69, 9.17) is 9.47 Å². The number of anilines is 1. The zero-order valence-corrected chi connectivity index (χ0v) is 21.6. The van der Waals surface area contributed by atoms with E-state index in [0.29, 0.717) is 73.0 Å². The topological polar surface area (TPSA) is 94.5 Å². The van der Waals surface area contributed by atoms with E-state index in [9.17, 15) is 14.0 Å². The summed E-state index contributed by atoms with van der Waals surface area (Å²) in [6.45, 7) is 2.56. The number of morpholine rings is 1. The molecule has 0 unspecified atom stereocenters. The number of carbonyl (C=O) groups is 2. The highest BCUT2D eigenvalue weighted by atomic mass is 19.1. The summed E-state index contributed by atoms with van der Waals surface area (Å²) in [6.07, 6.45) is 4.09. The first-order valence-electron chi connectivity index (χ1n) is 13.1. The number of carbonyl (C=O) groups excluding carboxylic acids is 2. The molecule has 2 fully saturated rings. The summed E-state index contributed by atoms with van der Waals surface area (Å²) in [5, 5.41) is 0. The Kier molecular flexibility index (Phi) is 6.93.